The Balaban J connectivity index is 0.00000338. The lowest BCUT2D eigenvalue weighted by Crippen LogP contribution is -2.39. The van der Waals surface area contributed by atoms with Gasteiger partial charge in [-0.3, -0.25) is 0 Å². The van der Waals surface area contributed by atoms with Crippen LogP contribution in [0.15, 0.2) is 41.5 Å². The van der Waals surface area contributed by atoms with E-state index >= 15 is 0 Å². The van der Waals surface area contributed by atoms with E-state index in [0.29, 0.717) is 6.54 Å². The van der Waals surface area contributed by atoms with Gasteiger partial charge in [-0.2, -0.15) is 0 Å². The SMILES string of the molecule is CCNC(=NCC(CC)Oc1ccccc1)NCCc1ncc(C)s1.I. The highest BCUT2D eigenvalue weighted by Gasteiger charge is 2.08. The number of hydrogen-bond donors (Lipinski definition) is 2. The molecule has 1 heterocycles. The van der Waals surface area contributed by atoms with Crippen molar-refractivity contribution in [3.05, 3.63) is 46.4 Å². The van der Waals surface area contributed by atoms with Crippen LogP contribution in [0.5, 0.6) is 5.75 Å². The summed E-state index contributed by atoms with van der Waals surface area (Å²) in [6.45, 7) is 8.54. The van der Waals surface area contributed by atoms with Crippen LogP contribution in [0.4, 0.5) is 0 Å². The molecular formula is C19H29IN4OS. The number of thiazole rings is 1. The van der Waals surface area contributed by atoms with Crippen LogP contribution in [0.2, 0.25) is 0 Å². The zero-order valence-electron chi connectivity index (χ0n) is 15.7. The number of para-hydroxylation sites is 1. The standard InChI is InChI=1S/C19H28N4OS.HI/c1-4-16(24-17-9-7-6-8-10-17)14-23-19(20-5-2)21-12-11-18-22-13-15(3)25-18;/h6-10,13,16H,4-5,11-12,14H2,1-3H3,(H2,20,21,23);1H. The van der Waals surface area contributed by atoms with E-state index in [9.17, 15) is 0 Å². The van der Waals surface area contributed by atoms with Gasteiger partial charge in [0.1, 0.15) is 11.9 Å². The summed E-state index contributed by atoms with van der Waals surface area (Å²) < 4.78 is 6.00. The molecule has 26 heavy (non-hydrogen) atoms. The smallest absolute Gasteiger partial charge is 0.191 e. The number of hydrogen-bond acceptors (Lipinski definition) is 4. The third-order valence-corrected chi connectivity index (χ3v) is 4.57. The minimum absolute atomic E-state index is 0. The zero-order chi connectivity index (χ0) is 17.9. The van der Waals surface area contributed by atoms with E-state index in [2.05, 4.69) is 41.4 Å². The molecule has 2 N–H and O–H groups in total. The van der Waals surface area contributed by atoms with Gasteiger partial charge < -0.3 is 15.4 Å². The van der Waals surface area contributed by atoms with Crippen molar-refractivity contribution in [3.63, 3.8) is 0 Å². The molecule has 0 saturated heterocycles. The van der Waals surface area contributed by atoms with Crippen LogP contribution in [0.25, 0.3) is 0 Å². The fraction of sp³-hybridized carbons (Fsp3) is 0.474. The highest BCUT2D eigenvalue weighted by Crippen LogP contribution is 2.13. The summed E-state index contributed by atoms with van der Waals surface area (Å²) in [7, 11) is 0. The lowest BCUT2D eigenvalue weighted by atomic mass is 10.2. The first kappa shape index (κ1) is 22.7. The Labute approximate surface area is 177 Å². The monoisotopic (exact) mass is 488 g/mol. The Morgan fingerprint density at radius 2 is 2.00 bits per heavy atom. The highest BCUT2D eigenvalue weighted by molar-refractivity contribution is 14.0. The Morgan fingerprint density at radius 3 is 2.62 bits per heavy atom. The lowest BCUT2D eigenvalue weighted by Gasteiger charge is -2.17. The number of guanidine groups is 1. The Kier molecular flexibility index (Phi) is 11.3. The summed E-state index contributed by atoms with van der Waals surface area (Å²) in [6, 6.07) is 9.91. The summed E-state index contributed by atoms with van der Waals surface area (Å²) in [5.74, 6) is 1.72. The maximum Gasteiger partial charge on any atom is 0.191 e. The van der Waals surface area contributed by atoms with Crippen molar-refractivity contribution in [1.29, 1.82) is 0 Å². The van der Waals surface area contributed by atoms with Gasteiger partial charge in [-0.05, 0) is 32.4 Å². The van der Waals surface area contributed by atoms with Crippen LogP contribution >= 0.6 is 35.3 Å². The van der Waals surface area contributed by atoms with Gasteiger partial charge in [-0.15, -0.1) is 35.3 Å². The average molecular weight is 488 g/mol. The van der Waals surface area contributed by atoms with E-state index in [0.717, 1.165) is 42.6 Å². The summed E-state index contributed by atoms with van der Waals surface area (Å²) >= 11 is 1.74. The van der Waals surface area contributed by atoms with Gasteiger partial charge in [0.05, 0.1) is 11.6 Å². The van der Waals surface area contributed by atoms with Gasteiger partial charge in [0.25, 0.3) is 0 Å². The van der Waals surface area contributed by atoms with E-state index in [4.69, 9.17) is 4.74 Å². The third-order valence-electron chi connectivity index (χ3n) is 3.60. The first-order valence-electron chi connectivity index (χ1n) is 8.86. The lowest BCUT2D eigenvalue weighted by molar-refractivity contribution is 0.205. The van der Waals surface area contributed by atoms with Crippen molar-refractivity contribution in [2.45, 2.75) is 39.7 Å². The van der Waals surface area contributed by atoms with Crippen LogP contribution in [0.1, 0.15) is 30.2 Å². The number of aliphatic imine (C=N–C) groups is 1. The third kappa shape index (κ3) is 8.35. The fourth-order valence-electron chi connectivity index (χ4n) is 2.28. The van der Waals surface area contributed by atoms with Crippen molar-refractivity contribution in [1.82, 2.24) is 15.6 Å². The molecule has 0 saturated carbocycles. The minimum atomic E-state index is 0. The maximum absolute atomic E-state index is 6.00. The average Bonchev–Trinajstić information content (AvgIpc) is 3.04. The molecule has 2 rings (SSSR count). The molecule has 0 amide bonds. The predicted octanol–water partition coefficient (Wildman–Crippen LogP) is 4.02. The normalized spacial score (nSPS) is 12.2. The van der Waals surface area contributed by atoms with Crippen molar-refractivity contribution < 1.29 is 4.74 Å². The molecule has 1 atom stereocenters. The largest absolute Gasteiger partial charge is 0.489 e. The number of benzene rings is 1. The molecule has 2 aromatic rings. The number of rotatable bonds is 9. The van der Waals surface area contributed by atoms with Gasteiger partial charge in [0, 0.05) is 30.6 Å². The van der Waals surface area contributed by atoms with Gasteiger partial charge in [-0.1, -0.05) is 25.1 Å². The maximum atomic E-state index is 6.00. The fourth-order valence-corrected chi connectivity index (χ4v) is 3.07. The van der Waals surface area contributed by atoms with Crippen LogP contribution in [0.3, 0.4) is 0 Å². The van der Waals surface area contributed by atoms with E-state index < -0.39 is 0 Å². The molecule has 1 unspecified atom stereocenters. The molecule has 144 valence electrons. The molecule has 1 aromatic heterocycles. The Hall–Kier alpha value is -1.35. The first-order valence-corrected chi connectivity index (χ1v) is 9.68. The van der Waals surface area contributed by atoms with Gasteiger partial charge in [0.2, 0.25) is 0 Å². The molecule has 0 aliphatic rings. The molecular weight excluding hydrogens is 459 g/mol. The predicted molar refractivity (Wildman–Crippen MR) is 121 cm³/mol. The Bertz CT molecular complexity index is 648. The molecule has 0 bridgehead atoms. The Morgan fingerprint density at radius 1 is 1.23 bits per heavy atom. The van der Waals surface area contributed by atoms with Crippen molar-refractivity contribution in [3.8, 4) is 5.75 Å². The second-order valence-electron chi connectivity index (χ2n) is 5.72. The van der Waals surface area contributed by atoms with Gasteiger partial charge in [0.15, 0.2) is 5.96 Å². The second-order valence-corrected chi connectivity index (χ2v) is 7.04. The number of nitrogens with one attached hydrogen (secondary N) is 2. The van der Waals surface area contributed by atoms with E-state index in [1.54, 1.807) is 11.3 Å². The molecule has 0 radical (unpaired) electrons. The molecule has 0 aliphatic heterocycles. The second kappa shape index (κ2) is 12.9. The summed E-state index contributed by atoms with van der Waals surface area (Å²) in [5.41, 5.74) is 0. The van der Waals surface area contributed by atoms with Crippen molar-refractivity contribution in [2.75, 3.05) is 19.6 Å². The molecule has 0 spiro atoms. The summed E-state index contributed by atoms with van der Waals surface area (Å²) in [6.07, 6.45) is 3.81. The summed E-state index contributed by atoms with van der Waals surface area (Å²) in [5, 5.41) is 7.81. The summed E-state index contributed by atoms with van der Waals surface area (Å²) in [4.78, 5) is 10.3. The number of ether oxygens (including phenoxy) is 1. The van der Waals surface area contributed by atoms with Crippen LogP contribution in [0, 0.1) is 6.92 Å². The molecule has 1 aromatic carbocycles. The minimum Gasteiger partial charge on any atom is -0.489 e. The van der Waals surface area contributed by atoms with E-state index in [1.165, 1.54) is 4.88 Å². The molecule has 5 nitrogen and oxygen atoms in total. The van der Waals surface area contributed by atoms with Gasteiger partial charge in [-0.25, -0.2) is 9.98 Å². The number of halogens is 1. The highest BCUT2D eigenvalue weighted by atomic mass is 127. The van der Waals surface area contributed by atoms with Crippen LogP contribution in [-0.4, -0.2) is 36.7 Å². The first-order chi connectivity index (χ1) is 12.2. The van der Waals surface area contributed by atoms with E-state index in [1.807, 2.05) is 36.5 Å². The van der Waals surface area contributed by atoms with E-state index in [-0.39, 0.29) is 30.1 Å². The molecule has 7 heteroatoms. The number of nitrogens with zero attached hydrogens (tertiary/aromatic N) is 2. The molecule has 0 aliphatic carbocycles. The van der Waals surface area contributed by atoms with Gasteiger partial charge >= 0.3 is 0 Å². The van der Waals surface area contributed by atoms with Crippen molar-refractivity contribution >= 4 is 41.3 Å². The number of aromatic nitrogens is 1. The topological polar surface area (TPSA) is 58.5 Å². The van der Waals surface area contributed by atoms with Crippen LogP contribution < -0.4 is 15.4 Å². The van der Waals surface area contributed by atoms with Crippen LogP contribution in [-0.2, 0) is 6.42 Å². The molecule has 0 fully saturated rings. The number of aryl methyl sites for hydroxylation is 1. The zero-order valence-corrected chi connectivity index (χ0v) is 18.8. The van der Waals surface area contributed by atoms with Crippen molar-refractivity contribution in [2.24, 2.45) is 4.99 Å². The quantitative estimate of drug-likeness (QED) is 0.318.